The number of nitrogens with zero attached hydrogens (tertiary/aromatic N) is 5. The van der Waals surface area contributed by atoms with Gasteiger partial charge in [0.2, 0.25) is 0 Å². The summed E-state index contributed by atoms with van der Waals surface area (Å²) in [5.41, 5.74) is -0.468. The van der Waals surface area contributed by atoms with Crippen LogP contribution in [0.25, 0.3) is 16.9 Å². The maximum atomic E-state index is 14.5. The van der Waals surface area contributed by atoms with Crippen molar-refractivity contribution < 1.29 is 27.8 Å². The van der Waals surface area contributed by atoms with Crippen LogP contribution in [0.5, 0.6) is 0 Å². The van der Waals surface area contributed by atoms with Crippen molar-refractivity contribution in [3.05, 3.63) is 86.7 Å². The van der Waals surface area contributed by atoms with Crippen LogP contribution in [0, 0.1) is 5.82 Å². The van der Waals surface area contributed by atoms with Gasteiger partial charge in [-0.05, 0) is 42.8 Å². The second-order valence-electron chi connectivity index (χ2n) is 8.17. The predicted octanol–water partition coefficient (Wildman–Crippen LogP) is 4.37. The number of rotatable bonds is 7. The zero-order valence-corrected chi connectivity index (χ0v) is 20.5. The molecule has 0 spiro atoms. The Hall–Kier alpha value is -3.19. The molecule has 0 saturated carbocycles. The van der Waals surface area contributed by atoms with Gasteiger partial charge in [0.05, 0.1) is 18.8 Å². The largest absolute Gasteiger partial charge is 0.416 e. The maximum Gasteiger partial charge on any atom is 0.416 e. The summed E-state index contributed by atoms with van der Waals surface area (Å²) in [7, 11) is 0. The first kappa shape index (κ1) is 26.9. The third kappa shape index (κ3) is 5.72. The lowest BCUT2D eigenvalue weighted by Crippen LogP contribution is -2.37. The molecule has 2 unspecified atom stereocenters. The molecule has 0 saturated heterocycles. The fourth-order valence-corrected chi connectivity index (χ4v) is 3.92. The third-order valence-corrected chi connectivity index (χ3v) is 5.91. The molecule has 0 aliphatic carbocycles. The summed E-state index contributed by atoms with van der Waals surface area (Å²) in [5.74, 6) is -0.794. The highest BCUT2D eigenvalue weighted by atomic mass is 35.5. The van der Waals surface area contributed by atoms with E-state index in [2.05, 4.69) is 10.1 Å². The van der Waals surface area contributed by atoms with Gasteiger partial charge in [0, 0.05) is 16.2 Å². The molecule has 37 heavy (non-hydrogen) atoms. The predicted molar refractivity (Wildman–Crippen MR) is 127 cm³/mol. The minimum absolute atomic E-state index is 0.0245. The lowest BCUT2D eigenvalue weighted by Gasteiger charge is -2.16. The third-order valence-electron chi connectivity index (χ3n) is 5.42. The van der Waals surface area contributed by atoms with E-state index in [0.29, 0.717) is 10.6 Å². The lowest BCUT2D eigenvalue weighted by atomic mass is 10.1. The van der Waals surface area contributed by atoms with Crippen molar-refractivity contribution in [2.45, 2.75) is 38.4 Å². The first-order chi connectivity index (χ1) is 17.3. The van der Waals surface area contributed by atoms with Crippen LogP contribution in [0.3, 0.4) is 0 Å². The molecule has 2 heterocycles. The van der Waals surface area contributed by atoms with Crippen LogP contribution in [0.15, 0.2) is 53.5 Å². The highest BCUT2D eigenvalue weighted by Gasteiger charge is 2.39. The molecule has 14 heteroatoms. The average Bonchev–Trinajstić information content (AvgIpc) is 3.36. The fraction of sp³-hybridized carbons (Fsp3) is 0.261. The van der Waals surface area contributed by atoms with Crippen molar-refractivity contribution in [3.8, 4) is 16.9 Å². The highest BCUT2D eigenvalue weighted by Crippen LogP contribution is 2.26. The van der Waals surface area contributed by atoms with Crippen molar-refractivity contribution in [1.29, 1.82) is 0 Å². The summed E-state index contributed by atoms with van der Waals surface area (Å²) in [6.45, 7) is 0.0124. The Morgan fingerprint density at radius 3 is 2.30 bits per heavy atom. The number of benzene rings is 2. The molecule has 2 aromatic carbocycles. The van der Waals surface area contributed by atoms with Gasteiger partial charge in [-0.2, -0.15) is 13.2 Å². The second kappa shape index (κ2) is 10.3. The van der Waals surface area contributed by atoms with E-state index in [-0.39, 0.29) is 34.6 Å². The first-order valence-corrected chi connectivity index (χ1v) is 11.5. The van der Waals surface area contributed by atoms with Crippen LogP contribution in [-0.4, -0.2) is 46.4 Å². The zero-order valence-electron chi connectivity index (χ0n) is 19.0. The molecule has 0 aliphatic heterocycles. The van der Waals surface area contributed by atoms with Gasteiger partial charge >= 0.3 is 11.9 Å². The molecule has 8 nitrogen and oxygen atoms in total. The van der Waals surface area contributed by atoms with Crippen LogP contribution in [0.1, 0.15) is 24.7 Å². The van der Waals surface area contributed by atoms with Gasteiger partial charge < -0.3 is 10.2 Å². The number of alkyl halides is 3. The van der Waals surface area contributed by atoms with Crippen LogP contribution < -0.4 is 5.69 Å². The van der Waals surface area contributed by atoms with Crippen LogP contribution in [0.4, 0.5) is 17.6 Å². The number of hydrogen-bond acceptors (Lipinski definition) is 5. The molecule has 0 aliphatic rings. The van der Waals surface area contributed by atoms with Crippen molar-refractivity contribution >= 4 is 23.2 Å². The number of aromatic nitrogens is 5. The van der Waals surface area contributed by atoms with E-state index in [9.17, 15) is 32.6 Å². The van der Waals surface area contributed by atoms with Gasteiger partial charge in [0.1, 0.15) is 17.6 Å². The molecule has 4 aromatic rings. The van der Waals surface area contributed by atoms with Crippen molar-refractivity contribution in [2.75, 3.05) is 0 Å². The Morgan fingerprint density at radius 1 is 1.05 bits per heavy atom. The van der Waals surface area contributed by atoms with Crippen molar-refractivity contribution in [2.24, 2.45) is 0 Å². The molecule has 2 N–H and O–H groups in total. The van der Waals surface area contributed by atoms with E-state index in [1.54, 1.807) is 0 Å². The monoisotopic (exact) mass is 559 g/mol. The van der Waals surface area contributed by atoms with E-state index >= 15 is 0 Å². The summed E-state index contributed by atoms with van der Waals surface area (Å²) < 4.78 is 56.6. The summed E-state index contributed by atoms with van der Waals surface area (Å²) in [6.07, 6.45) is -7.63. The number of halogens is 6. The number of aliphatic hydroxyl groups is 2. The molecular weight excluding hydrogens is 541 g/mol. The standard InChI is InChI=1S/C23H19Cl2F4N5O3/c1-12(35)21-30-20(31-34(21)17-7-6-15(25)8-16(17)26)11-32-9-18(13-2-4-14(24)5-3-13)33(22(32)37)10-19(36)23(27,28)29/h2-9,12,19,35-36H,10-11H2,1H3. The van der Waals surface area contributed by atoms with Gasteiger partial charge in [0.15, 0.2) is 17.8 Å². The van der Waals surface area contributed by atoms with E-state index in [1.165, 1.54) is 49.5 Å². The van der Waals surface area contributed by atoms with E-state index in [1.807, 2.05) is 0 Å². The minimum atomic E-state index is -4.95. The van der Waals surface area contributed by atoms with Gasteiger partial charge in [-0.3, -0.25) is 9.13 Å². The Labute approximate surface area is 216 Å². The van der Waals surface area contributed by atoms with Crippen LogP contribution in [-0.2, 0) is 13.1 Å². The van der Waals surface area contributed by atoms with Crippen molar-refractivity contribution in [3.63, 3.8) is 0 Å². The molecule has 0 bridgehead atoms. The molecule has 0 fully saturated rings. The Bertz CT molecular complexity index is 1480. The Balaban J connectivity index is 1.78. The minimum Gasteiger partial charge on any atom is -0.385 e. The van der Waals surface area contributed by atoms with Gasteiger partial charge in [-0.1, -0.05) is 35.3 Å². The smallest absolute Gasteiger partial charge is 0.385 e. The number of aliphatic hydroxyl groups excluding tert-OH is 2. The van der Waals surface area contributed by atoms with Gasteiger partial charge in [0.25, 0.3) is 0 Å². The van der Waals surface area contributed by atoms with Crippen molar-refractivity contribution in [1.82, 2.24) is 23.9 Å². The van der Waals surface area contributed by atoms with Gasteiger partial charge in [-0.15, -0.1) is 5.10 Å². The molecule has 0 amide bonds. The number of imidazole rings is 1. The molecule has 4 rings (SSSR count). The molecule has 196 valence electrons. The highest BCUT2D eigenvalue weighted by molar-refractivity contribution is 6.30. The van der Waals surface area contributed by atoms with E-state index in [4.69, 9.17) is 23.2 Å². The number of hydrogen-bond donors (Lipinski definition) is 2. The molecule has 2 aromatic heterocycles. The first-order valence-electron chi connectivity index (χ1n) is 10.7. The molecule has 0 radical (unpaired) electrons. The summed E-state index contributed by atoms with van der Waals surface area (Å²) >= 11 is 11.7. The zero-order chi connectivity index (χ0) is 27.1. The summed E-state index contributed by atoms with van der Waals surface area (Å²) in [5, 5.41) is 24.5. The average molecular weight is 560 g/mol. The quantitative estimate of drug-likeness (QED) is 0.328. The molecule has 2 atom stereocenters. The van der Waals surface area contributed by atoms with Crippen LogP contribution >= 0.6 is 23.2 Å². The van der Waals surface area contributed by atoms with E-state index in [0.717, 1.165) is 19.9 Å². The van der Waals surface area contributed by atoms with Crippen LogP contribution in [0.2, 0.25) is 10.0 Å². The van der Waals surface area contributed by atoms with Gasteiger partial charge in [-0.25, -0.2) is 18.9 Å². The second-order valence-corrected chi connectivity index (χ2v) is 9.04. The normalized spacial score (nSPS) is 13.6. The fourth-order valence-electron chi connectivity index (χ4n) is 3.64. The summed E-state index contributed by atoms with van der Waals surface area (Å²) in [6, 6.07) is 9.84. The Morgan fingerprint density at radius 2 is 1.70 bits per heavy atom. The Kier molecular flexibility index (Phi) is 7.47. The lowest BCUT2D eigenvalue weighted by molar-refractivity contribution is -0.207. The SMILES string of the molecule is CC(O)c1nc(Cn2cc(-c3ccc(Cl)cc3)n(CC(O)C(F)(F)F)c2=O)nn1-c1ccc(Cl)cc1F. The molecular formula is C23H19Cl2F4N5O3. The topological polar surface area (TPSA) is 98.1 Å². The summed E-state index contributed by atoms with van der Waals surface area (Å²) in [4.78, 5) is 17.3. The van der Waals surface area contributed by atoms with E-state index < -0.39 is 36.4 Å². The maximum absolute atomic E-state index is 14.5.